The summed E-state index contributed by atoms with van der Waals surface area (Å²) in [6, 6.07) is 7.44. The van der Waals surface area contributed by atoms with E-state index in [-0.39, 0.29) is 11.4 Å². The third-order valence-corrected chi connectivity index (χ3v) is 3.06. The summed E-state index contributed by atoms with van der Waals surface area (Å²) in [6.45, 7) is 1.78. The number of nitrogens with one attached hydrogen (secondary N) is 1. The second-order valence-corrected chi connectivity index (χ2v) is 4.27. The summed E-state index contributed by atoms with van der Waals surface area (Å²) in [6.07, 6.45) is 0. The van der Waals surface area contributed by atoms with Gasteiger partial charge in [0.2, 0.25) is 0 Å². The number of rotatable bonds is 2. The Morgan fingerprint density at radius 1 is 1.17 bits per heavy atom. The summed E-state index contributed by atoms with van der Waals surface area (Å²) in [5, 5.41) is 3.30. The zero-order valence-corrected chi connectivity index (χ0v) is 10.4. The van der Waals surface area contributed by atoms with Gasteiger partial charge in [0.05, 0.1) is 5.69 Å². The fraction of sp³-hybridized carbons (Fsp3) is 0.0769. The lowest BCUT2D eigenvalue weighted by Crippen LogP contribution is -2.02. The minimum absolute atomic E-state index is 0.0830. The Bertz CT molecular complexity index is 600. The van der Waals surface area contributed by atoms with E-state index in [2.05, 4.69) is 5.32 Å². The van der Waals surface area contributed by atoms with Crippen molar-refractivity contribution < 1.29 is 8.78 Å². The average Bonchev–Trinajstić information content (AvgIpc) is 2.35. The molecule has 0 fully saturated rings. The Kier molecular flexibility index (Phi) is 3.39. The number of nitrogens with two attached hydrogens (primary N) is 1. The third-order valence-electron chi connectivity index (χ3n) is 2.65. The van der Waals surface area contributed by atoms with Crippen molar-refractivity contribution in [1.29, 1.82) is 0 Å². The number of halogens is 3. The summed E-state index contributed by atoms with van der Waals surface area (Å²) >= 11 is 5.95. The molecule has 2 rings (SSSR count). The lowest BCUT2D eigenvalue weighted by atomic mass is 10.1. The van der Waals surface area contributed by atoms with Crippen LogP contribution in [0.2, 0.25) is 5.02 Å². The van der Waals surface area contributed by atoms with Crippen molar-refractivity contribution in [2.75, 3.05) is 11.1 Å². The lowest BCUT2D eigenvalue weighted by Gasteiger charge is -2.13. The molecule has 0 unspecified atom stereocenters. The maximum atomic E-state index is 13.6. The van der Waals surface area contributed by atoms with Crippen LogP contribution in [0, 0.1) is 18.6 Å². The smallest absolute Gasteiger partial charge is 0.184 e. The molecule has 0 spiro atoms. The van der Waals surface area contributed by atoms with Crippen LogP contribution >= 0.6 is 11.6 Å². The molecule has 94 valence electrons. The molecule has 5 heteroatoms. The van der Waals surface area contributed by atoms with Crippen molar-refractivity contribution in [3.8, 4) is 0 Å². The molecular formula is C13H11ClF2N2. The summed E-state index contributed by atoms with van der Waals surface area (Å²) in [5.41, 5.74) is 6.99. The van der Waals surface area contributed by atoms with Crippen molar-refractivity contribution in [3.05, 3.63) is 52.6 Å². The first-order valence-electron chi connectivity index (χ1n) is 5.26. The first-order chi connectivity index (χ1) is 8.50. The van der Waals surface area contributed by atoms with Gasteiger partial charge in [-0.25, -0.2) is 8.78 Å². The maximum absolute atomic E-state index is 13.6. The predicted molar refractivity (Wildman–Crippen MR) is 70.2 cm³/mol. The highest BCUT2D eigenvalue weighted by Gasteiger charge is 2.13. The summed E-state index contributed by atoms with van der Waals surface area (Å²) in [7, 11) is 0. The molecule has 0 atom stereocenters. The van der Waals surface area contributed by atoms with E-state index < -0.39 is 11.6 Å². The summed E-state index contributed by atoms with van der Waals surface area (Å²) in [5.74, 6) is -1.96. The molecule has 2 nitrogen and oxygen atoms in total. The number of hydrogen-bond donors (Lipinski definition) is 2. The van der Waals surface area contributed by atoms with Crippen molar-refractivity contribution in [2.45, 2.75) is 6.92 Å². The number of benzene rings is 2. The Balaban J connectivity index is 2.46. The molecule has 2 aromatic rings. The van der Waals surface area contributed by atoms with E-state index in [1.165, 1.54) is 6.07 Å². The molecule has 0 radical (unpaired) electrons. The standard InChI is InChI=1S/C13H11ClF2N2/c1-7-8(14)3-2-4-11(7)18-13-10(17)6-5-9(15)12(13)16/h2-6,18H,17H2,1H3. The zero-order valence-electron chi connectivity index (χ0n) is 9.60. The first kappa shape index (κ1) is 12.6. The number of hydrogen-bond acceptors (Lipinski definition) is 2. The minimum atomic E-state index is -1.01. The third kappa shape index (κ3) is 2.24. The fourth-order valence-electron chi connectivity index (χ4n) is 1.57. The minimum Gasteiger partial charge on any atom is -0.397 e. The van der Waals surface area contributed by atoms with Crippen LogP contribution in [-0.2, 0) is 0 Å². The predicted octanol–water partition coefficient (Wildman–Crippen LogP) is 4.25. The van der Waals surface area contributed by atoms with Crippen LogP contribution in [0.15, 0.2) is 30.3 Å². The Hall–Kier alpha value is -1.81. The Labute approximate surface area is 108 Å². The van der Waals surface area contributed by atoms with Crippen molar-refractivity contribution in [2.24, 2.45) is 0 Å². The molecule has 0 aliphatic heterocycles. The van der Waals surface area contributed by atoms with Crippen LogP contribution in [0.3, 0.4) is 0 Å². The van der Waals surface area contributed by atoms with Gasteiger partial charge >= 0.3 is 0 Å². The van der Waals surface area contributed by atoms with Gasteiger partial charge in [-0.1, -0.05) is 17.7 Å². The molecule has 0 aliphatic carbocycles. The molecule has 0 saturated carbocycles. The van der Waals surface area contributed by atoms with Gasteiger partial charge in [-0.2, -0.15) is 0 Å². The average molecular weight is 269 g/mol. The van der Waals surface area contributed by atoms with Gasteiger partial charge in [0.25, 0.3) is 0 Å². The quantitative estimate of drug-likeness (QED) is 0.799. The normalized spacial score (nSPS) is 10.4. The van der Waals surface area contributed by atoms with E-state index in [9.17, 15) is 8.78 Å². The van der Waals surface area contributed by atoms with Crippen molar-refractivity contribution in [1.82, 2.24) is 0 Å². The monoisotopic (exact) mass is 268 g/mol. The van der Waals surface area contributed by atoms with Crippen LogP contribution in [0.1, 0.15) is 5.56 Å². The maximum Gasteiger partial charge on any atom is 0.184 e. The van der Waals surface area contributed by atoms with E-state index in [0.29, 0.717) is 10.7 Å². The van der Waals surface area contributed by atoms with Crippen LogP contribution in [0.5, 0.6) is 0 Å². The van der Waals surface area contributed by atoms with Gasteiger partial charge < -0.3 is 11.1 Å². The Morgan fingerprint density at radius 2 is 1.89 bits per heavy atom. The number of nitrogen functional groups attached to an aromatic ring is 1. The zero-order chi connectivity index (χ0) is 13.3. The molecule has 0 bridgehead atoms. The summed E-state index contributed by atoms with van der Waals surface area (Å²) < 4.78 is 26.8. The van der Waals surface area contributed by atoms with Gasteiger partial charge in [0, 0.05) is 10.7 Å². The number of anilines is 3. The molecule has 0 saturated heterocycles. The van der Waals surface area contributed by atoms with Gasteiger partial charge in [0.15, 0.2) is 11.6 Å². The van der Waals surface area contributed by atoms with E-state index in [4.69, 9.17) is 17.3 Å². The van der Waals surface area contributed by atoms with Gasteiger partial charge in [-0.05, 0) is 36.8 Å². The lowest BCUT2D eigenvalue weighted by molar-refractivity contribution is 0.512. The molecule has 2 aromatic carbocycles. The molecular weight excluding hydrogens is 258 g/mol. The van der Waals surface area contributed by atoms with Gasteiger partial charge in [0.1, 0.15) is 5.69 Å². The Morgan fingerprint density at radius 3 is 2.61 bits per heavy atom. The fourth-order valence-corrected chi connectivity index (χ4v) is 1.74. The second kappa shape index (κ2) is 4.82. The molecule has 0 aliphatic rings. The van der Waals surface area contributed by atoms with Crippen molar-refractivity contribution >= 4 is 28.7 Å². The van der Waals surface area contributed by atoms with Gasteiger partial charge in [-0.3, -0.25) is 0 Å². The second-order valence-electron chi connectivity index (χ2n) is 3.86. The highest BCUT2D eigenvalue weighted by atomic mass is 35.5. The topological polar surface area (TPSA) is 38.0 Å². The summed E-state index contributed by atoms with van der Waals surface area (Å²) in [4.78, 5) is 0. The molecule has 18 heavy (non-hydrogen) atoms. The highest BCUT2D eigenvalue weighted by molar-refractivity contribution is 6.31. The van der Waals surface area contributed by atoms with Gasteiger partial charge in [-0.15, -0.1) is 0 Å². The molecule has 3 N–H and O–H groups in total. The van der Waals surface area contributed by atoms with Crippen molar-refractivity contribution in [3.63, 3.8) is 0 Å². The highest BCUT2D eigenvalue weighted by Crippen LogP contribution is 2.31. The largest absolute Gasteiger partial charge is 0.397 e. The van der Waals surface area contributed by atoms with E-state index in [1.807, 2.05) is 0 Å². The van der Waals surface area contributed by atoms with Crippen LogP contribution in [0.25, 0.3) is 0 Å². The SMILES string of the molecule is Cc1c(Cl)cccc1Nc1c(N)ccc(F)c1F. The van der Waals surface area contributed by atoms with Crippen LogP contribution in [0.4, 0.5) is 25.8 Å². The molecule has 0 heterocycles. The van der Waals surface area contributed by atoms with E-state index in [0.717, 1.165) is 11.6 Å². The van der Waals surface area contributed by atoms with Crippen LogP contribution in [-0.4, -0.2) is 0 Å². The molecule has 0 amide bonds. The van der Waals surface area contributed by atoms with E-state index >= 15 is 0 Å². The van der Waals surface area contributed by atoms with E-state index in [1.54, 1.807) is 25.1 Å². The first-order valence-corrected chi connectivity index (χ1v) is 5.64. The van der Waals surface area contributed by atoms with Crippen LogP contribution < -0.4 is 11.1 Å². The molecule has 0 aromatic heterocycles.